The highest BCUT2D eigenvalue weighted by molar-refractivity contribution is 5.68. The molecule has 0 atom stereocenters. The molecule has 6 heteroatoms. The van der Waals surface area contributed by atoms with Crippen LogP contribution < -0.4 is 9.47 Å². The number of hydrogen-bond acceptors (Lipinski definition) is 5. The van der Waals surface area contributed by atoms with Crippen molar-refractivity contribution in [2.75, 3.05) is 33.4 Å². The molecule has 1 aliphatic rings. The molecule has 0 N–H and O–H groups in total. The highest BCUT2D eigenvalue weighted by atomic mass is 16.6. The van der Waals surface area contributed by atoms with Gasteiger partial charge in [-0.2, -0.15) is 0 Å². The summed E-state index contributed by atoms with van der Waals surface area (Å²) in [6.07, 6.45) is 1.46. The zero-order valence-electron chi connectivity index (χ0n) is 15.6. The van der Waals surface area contributed by atoms with Gasteiger partial charge in [-0.15, -0.1) is 0 Å². The molecule has 0 spiro atoms. The van der Waals surface area contributed by atoms with Gasteiger partial charge in [0.05, 0.1) is 6.61 Å². The minimum absolute atomic E-state index is 0.110. The minimum atomic E-state index is -0.461. The van der Waals surface area contributed by atoms with Gasteiger partial charge in [0.25, 0.3) is 0 Å². The predicted molar refractivity (Wildman–Crippen MR) is 95.3 cm³/mol. The quantitative estimate of drug-likeness (QED) is 0.734. The van der Waals surface area contributed by atoms with E-state index < -0.39 is 5.60 Å². The van der Waals surface area contributed by atoms with Crippen LogP contribution in [0.1, 0.15) is 33.6 Å². The van der Waals surface area contributed by atoms with Crippen LogP contribution in [-0.4, -0.2) is 56.1 Å². The molecule has 0 saturated carbocycles. The Morgan fingerprint density at radius 3 is 2.24 bits per heavy atom. The molecule has 0 unspecified atom stereocenters. The first-order chi connectivity index (χ1) is 11.9. The van der Waals surface area contributed by atoms with E-state index in [1.165, 1.54) is 0 Å². The minimum Gasteiger partial charge on any atom is -0.491 e. The van der Waals surface area contributed by atoms with Crippen LogP contribution in [0.15, 0.2) is 24.3 Å². The summed E-state index contributed by atoms with van der Waals surface area (Å²) in [5.41, 5.74) is -0.461. The van der Waals surface area contributed by atoms with Gasteiger partial charge in [0.1, 0.15) is 29.8 Å². The average molecular weight is 351 g/mol. The van der Waals surface area contributed by atoms with Gasteiger partial charge in [-0.3, -0.25) is 0 Å². The Morgan fingerprint density at radius 2 is 1.68 bits per heavy atom. The van der Waals surface area contributed by atoms with E-state index in [4.69, 9.17) is 18.9 Å². The SMILES string of the molecule is COCCOc1ccc(OC2CCN(C(=O)OC(C)(C)C)CC2)cc1. The third-order valence-electron chi connectivity index (χ3n) is 3.78. The van der Waals surface area contributed by atoms with Crippen LogP contribution in [-0.2, 0) is 9.47 Å². The highest BCUT2D eigenvalue weighted by Crippen LogP contribution is 2.23. The molecule has 6 nitrogen and oxygen atoms in total. The van der Waals surface area contributed by atoms with Gasteiger partial charge in [-0.05, 0) is 45.0 Å². The number of piperidine rings is 1. The molecule has 0 radical (unpaired) electrons. The van der Waals surface area contributed by atoms with Crippen molar-refractivity contribution >= 4 is 6.09 Å². The zero-order chi connectivity index (χ0) is 18.3. The molecule has 1 amide bonds. The molecule has 1 aromatic rings. The Bertz CT molecular complexity index is 530. The lowest BCUT2D eigenvalue weighted by molar-refractivity contribution is 0.0126. The summed E-state index contributed by atoms with van der Waals surface area (Å²) in [7, 11) is 1.65. The number of carbonyl (C=O) groups is 1. The maximum atomic E-state index is 12.1. The van der Waals surface area contributed by atoms with Gasteiger partial charge < -0.3 is 23.8 Å². The van der Waals surface area contributed by atoms with E-state index in [0.29, 0.717) is 26.3 Å². The number of ether oxygens (including phenoxy) is 4. The van der Waals surface area contributed by atoms with Gasteiger partial charge in [0.15, 0.2) is 0 Å². The summed E-state index contributed by atoms with van der Waals surface area (Å²) >= 11 is 0. The molecule has 140 valence electrons. The first kappa shape index (κ1) is 19.4. The van der Waals surface area contributed by atoms with E-state index in [1.807, 2.05) is 45.0 Å². The van der Waals surface area contributed by atoms with Crippen LogP contribution in [0.4, 0.5) is 4.79 Å². The van der Waals surface area contributed by atoms with Crippen molar-refractivity contribution in [3.8, 4) is 11.5 Å². The van der Waals surface area contributed by atoms with E-state index in [2.05, 4.69) is 0 Å². The van der Waals surface area contributed by atoms with Crippen molar-refractivity contribution in [2.45, 2.75) is 45.3 Å². The van der Waals surface area contributed by atoms with Crippen LogP contribution in [0.2, 0.25) is 0 Å². The number of hydrogen-bond donors (Lipinski definition) is 0. The lowest BCUT2D eigenvalue weighted by Crippen LogP contribution is -2.44. The second-order valence-electron chi connectivity index (χ2n) is 7.10. The van der Waals surface area contributed by atoms with Gasteiger partial charge >= 0.3 is 6.09 Å². The van der Waals surface area contributed by atoms with Crippen molar-refractivity contribution in [2.24, 2.45) is 0 Å². The summed E-state index contributed by atoms with van der Waals surface area (Å²) < 4.78 is 21.9. The Balaban J connectivity index is 1.75. The van der Waals surface area contributed by atoms with Crippen LogP contribution in [0.5, 0.6) is 11.5 Å². The fourth-order valence-corrected chi connectivity index (χ4v) is 2.53. The fraction of sp³-hybridized carbons (Fsp3) is 0.632. The molecule has 1 heterocycles. The zero-order valence-corrected chi connectivity index (χ0v) is 15.6. The number of carbonyl (C=O) groups excluding carboxylic acids is 1. The third-order valence-corrected chi connectivity index (χ3v) is 3.78. The Morgan fingerprint density at radius 1 is 1.08 bits per heavy atom. The molecule has 2 rings (SSSR count). The normalized spacial score (nSPS) is 15.8. The first-order valence-corrected chi connectivity index (χ1v) is 8.74. The molecule has 1 saturated heterocycles. The second kappa shape index (κ2) is 8.94. The molecule has 0 aromatic heterocycles. The van der Waals surface area contributed by atoms with Crippen LogP contribution in [0.3, 0.4) is 0 Å². The van der Waals surface area contributed by atoms with Crippen LogP contribution in [0, 0.1) is 0 Å². The number of likely N-dealkylation sites (tertiary alicyclic amines) is 1. The van der Waals surface area contributed by atoms with Gasteiger partial charge in [0, 0.05) is 33.0 Å². The van der Waals surface area contributed by atoms with E-state index in [1.54, 1.807) is 12.0 Å². The summed E-state index contributed by atoms with van der Waals surface area (Å²) in [6.45, 7) is 8.03. The number of rotatable bonds is 6. The van der Waals surface area contributed by atoms with Crippen LogP contribution >= 0.6 is 0 Å². The molecular weight excluding hydrogens is 322 g/mol. The number of benzene rings is 1. The number of methoxy groups -OCH3 is 1. The molecule has 1 fully saturated rings. The van der Waals surface area contributed by atoms with Crippen molar-refractivity contribution in [3.05, 3.63) is 24.3 Å². The van der Waals surface area contributed by atoms with E-state index in [-0.39, 0.29) is 12.2 Å². The smallest absolute Gasteiger partial charge is 0.410 e. The van der Waals surface area contributed by atoms with E-state index in [0.717, 1.165) is 24.3 Å². The predicted octanol–water partition coefficient (Wildman–Crippen LogP) is 3.49. The third kappa shape index (κ3) is 6.82. The summed E-state index contributed by atoms with van der Waals surface area (Å²) in [5.74, 6) is 1.61. The van der Waals surface area contributed by atoms with E-state index in [9.17, 15) is 4.79 Å². The largest absolute Gasteiger partial charge is 0.491 e. The van der Waals surface area contributed by atoms with Crippen molar-refractivity contribution in [1.82, 2.24) is 4.90 Å². The maximum Gasteiger partial charge on any atom is 0.410 e. The average Bonchev–Trinajstić information content (AvgIpc) is 2.56. The lowest BCUT2D eigenvalue weighted by atomic mass is 10.1. The van der Waals surface area contributed by atoms with Crippen LogP contribution in [0.25, 0.3) is 0 Å². The number of nitrogens with zero attached hydrogens (tertiary/aromatic N) is 1. The first-order valence-electron chi connectivity index (χ1n) is 8.74. The Kier molecular flexibility index (Phi) is 6.93. The van der Waals surface area contributed by atoms with Crippen molar-refractivity contribution < 1.29 is 23.7 Å². The number of amides is 1. The second-order valence-corrected chi connectivity index (χ2v) is 7.10. The van der Waals surface area contributed by atoms with Gasteiger partial charge in [-0.1, -0.05) is 0 Å². The fourth-order valence-electron chi connectivity index (χ4n) is 2.53. The van der Waals surface area contributed by atoms with Crippen molar-refractivity contribution in [1.29, 1.82) is 0 Å². The molecular formula is C19H29NO5. The monoisotopic (exact) mass is 351 g/mol. The molecule has 0 aliphatic carbocycles. The maximum absolute atomic E-state index is 12.1. The lowest BCUT2D eigenvalue weighted by Gasteiger charge is -2.33. The molecule has 0 bridgehead atoms. The molecule has 1 aromatic carbocycles. The summed E-state index contributed by atoms with van der Waals surface area (Å²) in [5, 5.41) is 0. The topological polar surface area (TPSA) is 57.2 Å². The van der Waals surface area contributed by atoms with Gasteiger partial charge in [-0.25, -0.2) is 4.79 Å². The Labute approximate surface area is 150 Å². The standard InChI is InChI=1S/C19H29NO5/c1-19(2,3)25-18(21)20-11-9-17(10-12-20)24-16-7-5-15(6-8-16)23-14-13-22-4/h5-8,17H,9-14H2,1-4H3. The van der Waals surface area contributed by atoms with E-state index >= 15 is 0 Å². The van der Waals surface area contributed by atoms with Crippen molar-refractivity contribution in [3.63, 3.8) is 0 Å². The molecule has 1 aliphatic heterocycles. The summed E-state index contributed by atoms with van der Waals surface area (Å²) in [6, 6.07) is 7.59. The highest BCUT2D eigenvalue weighted by Gasteiger charge is 2.27. The molecule has 25 heavy (non-hydrogen) atoms. The Hall–Kier alpha value is -1.95. The summed E-state index contributed by atoms with van der Waals surface area (Å²) in [4.78, 5) is 13.8. The van der Waals surface area contributed by atoms with Gasteiger partial charge in [0.2, 0.25) is 0 Å².